The van der Waals surface area contributed by atoms with Gasteiger partial charge in [0, 0.05) is 11.1 Å². The molecule has 1 fully saturated rings. The van der Waals surface area contributed by atoms with Crippen molar-refractivity contribution in [1.82, 2.24) is 0 Å². The number of carbonyl (C=O) groups is 1. The Morgan fingerprint density at radius 3 is 2.00 bits per heavy atom. The molecule has 3 rings (SSSR count). The van der Waals surface area contributed by atoms with E-state index in [1.54, 1.807) is 25.1 Å². The number of carbonyl (C=O) groups excluding carboxylic acids is 1. The Kier molecular flexibility index (Phi) is 11.0. The number of phenolic OH excluding ortho intramolecular Hbond substituents is 1. The zero-order valence-electron chi connectivity index (χ0n) is 18.3. The van der Waals surface area contributed by atoms with Gasteiger partial charge in [0.25, 0.3) is 0 Å². The Labute approximate surface area is 181 Å². The topological polar surface area (TPSA) is 46.5 Å². The summed E-state index contributed by atoms with van der Waals surface area (Å²) in [6, 6.07) is 17.1. The second-order valence-corrected chi connectivity index (χ2v) is 7.29. The van der Waals surface area contributed by atoms with E-state index in [2.05, 4.69) is 26.7 Å². The number of ether oxygens (including phenoxy) is 1. The van der Waals surface area contributed by atoms with Crippen LogP contribution in [0.3, 0.4) is 0 Å². The molecule has 0 heterocycles. The van der Waals surface area contributed by atoms with E-state index in [9.17, 15) is 4.79 Å². The van der Waals surface area contributed by atoms with Crippen LogP contribution in [0.1, 0.15) is 57.1 Å². The molecule has 3 nitrogen and oxygen atoms in total. The first-order chi connectivity index (χ1) is 14.4. The summed E-state index contributed by atoms with van der Waals surface area (Å²) in [7, 11) is 0. The Morgan fingerprint density at radius 1 is 1.03 bits per heavy atom. The molecular formula is C27H34O3. The lowest BCUT2D eigenvalue weighted by atomic mass is 9.99. The van der Waals surface area contributed by atoms with Crippen molar-refractivity contribution in [3.8, 4) is 5.75 Å². The van der Waals surface area contributed by atoms with Gasteiger partial charge >= 0.3 is 5.97 Å². The maximum atomic E-state index is 11.3. The molecule has 0 saturated heterocycles. The van der Waals surface area contributed by atoms with Crippen molar-refractivity contribution < 1.29 is 14.6 Å². The molecule has 0 spiro atoms. The lowest BCUT2D eigenvalue weighted by molar-refractivity contribution is -0.154. The van der Waals surface area contributed by atoms with Crippen LogP contribution in [0.2, 0.25) is 0 Å². The molecule has 0 aliphatic heterocycles. The molecule has 3 heteroatoms. The van der Waals surface area contributed by atoms with Gasteiger partial charge < -0.3 is 9.84 Å². The van der Waals surface area contributed by atoms with Gasteiger partial charge in [-0.05, 0) is 50.7 Å². The second kappa shape index (κ2) is 13.2. The van der Waals surface area contributed by atoms with Crippen molar-refractivity contribution in [3.63, 3.8) is 0 Å². The van der Waals surface area contributed by atoms with E-state index in [4.69, 9.17) is 9.84 Å². The molecule has 160 valence electrons. The minimum absolute atomic E-state index is 0.171. The summed E-state index contributed by atoms with van der Waals surface area (Å²) in [6.07, 6.45) is 8.76. The fourth-order valence-corrected chi connectivity index (χ4v) is 3.08. The van der Waals surface area contributed by atoms with E-state index in [0.29, 0.717) is 5.57 Å². The van der Waals surface area contributed by atoms with Crippen LogP contribution in [0.15, 0.2) is 79.9 Å². The van der Waals surface area contributed by atoms with Crippen molar-refractivity contribution in [2.75, 3.05) is 0 Å². The van der Waals surface area contributed by atoms with Crippen molar-refractivity contribution in [3.05, 3.63) is 91.0 Å². The van der Waals surface area contributed by atoms with E-state index in [1.807, 2.05) is 48.5 Å². The number of phenols is 1. The zero-order valence-corrected chi connectivity index (χ0v) is 18.3. The highest BCUT2D eigenvalue weighted by Crippen LogP contribution is 2.36. The standard InChI is InChI=1S/C11H18O2.C8H8O.C8H8/c1-4-11(7-5-6-8-11)13-10(12)9(2)3;1-2-7-5-3-4-6-8(7)9;1-2-8-6-4-3-5-7-8/h2,4-8H2,1,3H3;2-6,9H,1H2;2-7H,1H2. The first-order valence-electron chi connectivity index (χ1n) is 10.3. The summed E-state index contributed by atoms with van der Waals surface area (Å²) in [6.45, 7) is 14.5. The van der Waals surface area contributed by atoms with Gasteiger partial charge in [0.2, 0.25) is 0 Å². The summed E-state index contributed by atoms with van der Waals surface area (Å²) in [4.78, 5) is 11.3. The minimum atomic E-state index is -0.233. The molecule has 2 aromatic rings. The molecule has 0 bridgehead atoms. The second-order valence-electron chi connectivity index (χ2n) is 7.29. The van der Waals surface area contributed by atoms with Gasteiger partial charge in [-0.3, -0.25) is 0 Å². The van der Waals surface area contributed by atoms with Crippen LogP contribution in [0.5, 0.6) is 5.75 Å². The van der Waals surface area contributed by atoms with Crippen LogP contribution in [-0.2, 0) is 9.53 Å². The Bertz CT molecular complexity index is 815. The number of aromatic hydroxyl groups is 1. The molecule has 1 N–H and O–H groups in total. The molecule has 0 amide bonds. The monoisotopic (exact) mass is 406 g/mol. The molecule has 0 aromatic heterocycles. The number of benzene rings is 2. The third-order valence-electron chi connectivity index (χ3n) is 5.01. The molecule has 0 radical (unpaired) electrons. The van der Waals surface area contributed by atoms with Crippen LogP contribution in [0.25, 0.3) is 12.2 Å². The number of esters is 1. The highest BCUT2D eigenvalue weighted by molar-refractivity contribution is 5.87. The molecule has 1 aliphatic carbocycles. The van der Waals surface area contributed by atoms with E-state index in [-0.39, 0.29) is 17.3 Å². The van der Waals surface area contributed by atoms with Crippen molar-refractivity contribution in [2.24, 2.45) is 0 Å². The van der Waals surface area contributed by atoms with Gasteiger partial charge in [-0.1, -0.05) is 87.3 Å². The maximum Gasteiger partial charge on any atom is 0.333 e. The van der Waals surface area contributed by atoms with E-state index >= 15 is 0 Å². The average molecular weight is 407 g/mol. The molecule has 0 atom stereocenters. The fraction of sp³-hybridized carbons (Fsp3) is 0.296. The summed E-state index contributed by atoms with van der Waals surface area (Å²) < 4.78 is 5.47. The van der Waals surface area contributed by atoms with Gasteiger partial charge in [-0.15, -0.1) is 0 Å². The van der Waals surface area contributed by atoms with Crippen LogP contribution < -0.4 is 0 Å². The summed E-state index contributed by atoms with van der Waals surface area (Å²) in [5.41, 5.74) is 2.28. The maximum absolute atomic E-state index is 11.3. The third kappa shape index (κ3) is 8.52. The molecule has 2 aromatic carbocycles. The van der Waals surface area contributed by atoms with E-state index < -0.39 is 0 Å². The predicted molar refractivity (Wildman–Crippen MR) is 127 cm³/mol. The van der Waals surface area contributed by atoms with Crippen LogP contribution in [0.4, 0.5) is 0 Å². The van der Waals surface area contributed by atoms with Crippen molar-refractivity contribution in [1.29, 1.82) is 0 Å². The first kappa shape index (κ1) is 25.0. The molecule has 0 unspecified atom stereocenters. The smallest absolute Gasteiger partial charge is 0.333 e. The number of para-hydroxylation sites is 1. The third-order valence-corrected chi connectivity index (χ3v) is 5.01. The SMILES string of the molecule is C=C(C)C(=O)OC1(CC)CCCC1.C=Cc1ccccc1.C=Cc1ccccc1O. The molecule has 30 heavy (non-hydrogen) atoms. The first-order valence-corrected chi connectivity index (χ1v) is 10.3. The highest BCUT2D eigenvalue weighted by Gasteiger charge is 2.35. The van der Waals surface area contributed by atoms with Crippen LogP contribution in [-0.4, -0.2) is 16.7 Å². The van der Waals surface area contributed by atoms with E-state index in [0.717, 1.165) is 24.8 Å². The summed E-state index contributed by atoms with van der Waals surface area (Å²) >= 11 is 0. The van der Waals surface area contributed by atoms with Gasteiger partial charge in [0.1, 0.15) is 11.4 Å². The Balaban J connectivity index is 0.000000234. The van der Waals surface area contributed by atoms with Crippen molar-refractivity contribution >= 4 is 18.1 Å². The quantitative estimate of drug-likeness (QED) is 0.422. The van der Waals surface area contributed by atoms with Crippen LogP contribution >= 0.6 is 0 Å². The summed E-state index contributed by atoms with van der Waals surface area (Å²) in [5.74, 6) is 0.0521. The highest BCUT2D eigenvalue weighted by atomic mass is 16.6. The van der Waals surface area contributed by atoms with Gasteiger partial charge in [0.15, 0.2) is 0 Å². The van der Waals surface area contributed by atoms with E-state index in [1.165, 1.54) is 18.4 Å². The van der Waals surface area contributed by atoms with Gasteiger partial charge in [0.05, 0.1) is 0 Å². The largest absolute Gasteiger partial charge is 0.507 e. The normalized spacial score (nSPS) is 13.5. The van der Waals surface area contributed by atoms with Crippen molar-refractivity contribution in [2.45, 2.75) is 51.6 Å². The summed E-state index contributed by atoms with van der Waals surface area (Å²) in [5, 5.41) is 9.04. The fourth-order valence-electron chi connectivity index (χ4n) is 3.08. The lowest BCUT2D eigenvalue weighted by Gasteiger charge is -2.27. The Morgan fingerprint density at radius 2 is 1.60 bits per heavy atom. The number of hydrogen-bond acceptors (Lipinski definition) is 3. The predicted octanol–water partition coefficient (Wildman–Crippen LogP) is 7.19. The minimum Gasteiger partial charge on any atom is -0.507 e. The lowest BCUT2D eigenvalue weighted by Crippen LogP contribution is -2.31. The molecule has 1 aliphatic rings. The van der Waals surface area contributed by atoms with Gasteiger partial charge in [-0.2, -0.15) is 0 Å². The molecule has 1 saturated carbocycles. The number of hydrogen-bond donors (Lipinski definition) is 1. The van der Waals surface area contributed by atoms with Gasteiger partial charge in [-0.25, -0.2) is 4.79 Å². The number of rotatable bonds is 5. The Hall–Kier alpha value is -3.07. The molecular weight excluding hydrogens is 372 g/mol. The average Bonchev–Trinajstić information content (AvgIpc) is 3.24. The van der Waals surface area contributed by atoms with Crippen LogP contribution in [0, 0.1) is 0 Å². The zero-order chi connectivity index (χ0) is 22.4.